The molecule has 0 bridgehead atoms. The quantitative estimate of drug-likeness (QED) is 0.385. The van der Waals surface area contributed by atoms with Crippen LogP contribution in [0.1, 0.15) is 59.9 Å². The number of aromatic hydroxyl groups is 1. The van der Waals surface area contributed by atoms with E-state index in [0.717, 1.165) is 44.5 Å². The number of aryl methyl sites for hydroxylation is 1. The van der Waals surface area contributed by atoms with E-state index in [2.05, 4.69) is 65.3 Å². The Morgan fingerprint density at radius 1 is 0.944 bits per heavy atom. The Bertz CT molecular complexity index is 1150. The molecule has 0 spiro atoms. The maximum absolute atomic E-state index is 9.89. The lowest BCUT2D eigenvalue weighted by Crippen LogP contribution is -2.25. The van der Waals surface area contributed by atoms with Gasteiger partial charge in [0.15, 0.2) is 0 Å². The summed E-state index contributed by atoms with van der Waals surface area (Å²) in [5.74, 6) is 1.74. The Morgan fingerprint density at radius 2 is 1.72 bits per heavy atom. The molecular formula is C32H40N2O2. The van der Waals surface area contributed by atoms with Crippen LogP contribution in [0.15, 0.2) is 60.7 Å². The van der Waals surface area contributed by atoms with Gasteiger partial charge in [0.2, 0.25) is 0 Å². The van der Waals surface area contributed by atoms with Crippen LogP contribution in [0.2, 0.25) is 0 Å². The molecule has 4 heteroatoms. The number of nitrogens with zero attached hydrogens (tertiary/aromatic N) is 2. The lowest BCUT2D eigenvalue weighted by Gasteiger charge is -2.32. The molecule has 1 saturated heterocycles. The van der Waals surface area contributed by atoms with Crippen LogP contribution in [-0.4, -0.2) is 43.3 Å². The number of ether oxygens (including phenoxy) is 1. The summed E-state index contributed by atoms with van der Waals surface area (Å²) in [5.41, 5.74) is 8.11. The molecule has 0 aromatic heterocycles. The van der Waals surface area contributed by atoms with E-state index in [1.807, 2.05) is 12.1 Å². The van der Waals surface area contributed by atoms with Gasteiger partial charge in [-0.05, 0) is 110 Å². The molecule has 2 aliphatic rings. The Labute approximate surface area is 216 Å². The van der Waals surface area contributed by atoms with Crippen molar-refractivity contribution in [3.8, 4) is 11.5 Å². The molecule has 5 rings (SSSR count). The molecule has 1 aliphatic carbocycles. The number of anilines is 1. The molecular weight excluding hydrogens is 444 g/mol. The van der Waals surface area contributed by atoms with E-state index in [1.54, 1.807) is 7.11 Å². The molecule has 0 saturated carbocycles. The normalized spacial score (nSPS) is 17.7. The largest absolute Gasteiger partial charge is 0.508 e. The summed E-state index contributed by atoms with van der Waals surface area (Å²) < 4.78 is 5.64. The van der Waals surface area contributed by atoms with Gasteiger partial charge >= 0.3 is 0 Å². The Kier molecular flexibility index (Phi) is 7.81. The molecule has 0 unspecified atom stereocenters. The molecule has 1 atom stereocenters. The van der Waals surface area contributed by atoms with Crippen molar-refractivity contribution < 1.29 is 9.84 Å². The fourth-order valence-electron chi connectivity index (χ4n) is 5.97. The maximum Gasteiger partial charge on any atom is 0.120 e. The first-order valence-corrected chi connectivity index (χ1v) is 13.7. The van der Waals surface area contributed by atoms with Gasteiger partial charge in [-0.15, -0.1) is 0 Å². The summed E-state index contributed by atoms with van der Waals surface area (Å²) in [6, 6.07) is 21.7. The molecule has 0 amide bonds. The topological polar surface area (TPSA) is 35.9 Å². The lowest BCUT2D eigenvalue weighted by molar-refractivity contribution is 0.343. The predicted molar refractivity (Wildman–Crippen MR) is 148 cm³/mol. The highest BCUT2D eigenvalue weighted by Gasteiger charge is 2.24. The third-order valence-corrected chi connectivity index (χ3v) is 8.13. The summed E-state index contributed by atoms with van der Waals surface area (Å²) in [4.78, 5) is 5.08. The van der Waals surface area contributed by atoms with E-state index in [1.165, 1.54) is 66.0 Å². The van der Waals surface area contributed by atoms with Gasteiger partial charge in [0.25, 0.3) is 0 Å². The minimum atomic E-state index is 0.372. The van der Waals surface area contributed by atoms with Crippen LogP contribution in [0.3, 0.4) is 0 Å². The second-order valence-corrected chi connectivity index (χ2v) is 10.4. The summed E-state index contributed by atoms with van der Waals surface area (Å²) in [7, 11) is 1.75. The van der Waals surface area contributed by atoms with Gasteiger partial charge < -0.3 is 19.6 Å². The van der Waals surface area contributed by atoms with Gasteiger partial charge in [-0.2, -0.15) is 0 Å². The van der Waals surface area contributed by atoms with Crippen molar-refractivity contribution in [2.45, 2.75) is 57.9 Å². The van der Waals surface area contributed by atoms with Crippen LogP contribution in [0.4, 0.5) is 5.69 Å². The van der Waals surface area contributed by atoms with Crippen molar-refractivity contribution in [2.24, 2.45) is 0 Å². The van der Waals surface area contributed by atoms with E-state index < -0.39 is 0 Å². The molecule has 1 N–H and O–H groups in total. The van der Waals surface area contributed by atoms with Gasteiger partial charge in [-0.1, -0.05) is 36.4 Å². The van der Waals surface area contributed by atoms with Gasteiger partial charge in [0.05, 0.1) is 7.11 Å². The van der Waals surface area contributed by atoms with Crippen LogP contribution in [0, 0.1) is 0 Å². The van der Waals surface area contributed by atoms with Gasteiger partial charge in [0.1, 0.15) is 11.5 Å². The van der Waals surface area contributed by atoms with Crippen molar-refractivity contribution in [1.29, 1.82) is 0 Å². The van der Waals surface area contributed by atoms with E-state index in [-0.39, 0.29) is 0 Å². The Hall–Kier alpha value is -2.98. The molecule has 3 aromatic carbocycles. The summed E-state index contributed by atoms with van der Waals surface area (Å²) in [6.45, 7) is 7.78. The molecule has 0 radical (unpaired) electrons. The monoisotopic (exact) mass is 484 g/mol. The number of hydrogen-bond donors (Lipinski definition) is 1. The van der Waals surface area contributed by atoms with E-state index in [0.29, 0.717) is 11.7 Å². The van der Waals surface area contributed by atoms with Crippen LogP contribution in [0.5, 0.6) is 11.5 Å². The zero-order chi connectivity index (χ0) is 24.9. The number of hydrogen-bond acceptors (Lipinski definition) is 4. The fraction of sp³-hybridized carbons (Fsp3) is 0.438. The first kappa shape index (κ1) is 24.7. The number of phenolic OH excluding ortho intramolecular Hbond substituents is 1. The number of rotatable bonds is 9. The van der Waals surface area contributed by atoms with Crippen LogP contribution >= 0.6 is 0 Å². The predicted octanol–water partition coefficient (Wildman–Crippen LogP) is 6.34. The van der Waals surface area contributed by atoms with E-state index in [4.69, 9.17) is 4.74 Å². The molecule has 1 aliphatic heterocycles. The molecule has 190 valence electrons. The minimum absolute atomic E-state index is 0.372. The fourth-order valence-corrected chi connectivity index (χ4v) is 5.97. The SMILES string of the molecule is CCN(Cc1ccc(CCN2CCCC2)cc1)c1cc(OC)ccc1[C@@H]1CCc2cc(O)ccc2C1. The highest BCUT2D eigenvalue weighted by atomic mass is 16.5. The van der Waals surface area contributed by atoms with Crippen molar-refractivity contribution in [1.82, 2.24) is 4.90 Å². The number of benzene rings is 3. The second-order valence-electron chi connectivity index (χ2n) is 10.4. The average molecular weight is 485 g/mol. The maximum atomic E-state index is 9.89. The van der Waals surface area contributed by atoms with Gasteiger partial charge in [-0.25, -0.2) is 0 Å². The summed E-state index contributed by atoms with van der Waals surface area (Å²) in [6.07, 6.45) is 6.96. The Morgan fingerprint density at radius 3 is 2.47 bits per heavy atom. The highest BCUT2D eigenvalue weighted by molar-refractivity contribution is 5.60. The first-order valence-electron chi connectivity index (χ1n) is 13.7. The van der Waals surface area contributed by atoms with Crippen LogP contribution in [0.25, 0.3) is 0 Å². The van der Waals surface area contributed by atoms with Crippen LogP contribution in [-0.2, 0) is 25.8 Å². The van der Waals surface area contributed by atoms with Gasteiger partial charge in [-0.3, -0.25) is 0 Å². The van der Waals surface area contributed by atoms with Crippen molar-refractivity contribution in [3.05, 3.63) is 88.5 Å². The molecule has 36 heavy (non-hydrogen) atoms. The third-order valence-electron chi connectivity index (χ3n) is 8.13. The first-order chi connectivity index (χ1) is 17.6. The van der Waals surface area contributed by atoms with E-state index >= 15 is 0 Å². The number of likely N-dealkylation sites (tertiary alicyclic amines) is 1. The number of fused-ring (bicyclic) bond motifs is 1. The molecule has 1 heterocycles. The lowest BCUT2D eigenvalue weighted by atomic mass is 9.79. The number of methoxy groups -OCH3 is 1. The summed E-state index contributed by atoms with van der Waals surface area (Å²) in [5, 5.41) is 9.89. The highest BCUT2D eigenvalue weighted by Crippen LogP contribution is 2.40. The second kappa shape index (κ2) is 11.4. The van der Waals surface area contributed by atoms with Crippen LogP contribution < -0.4 is 9.64 Å². The molecule has 3 aromatic rings. The van der Waals surface area contributed by atoms with Crippen molar-refractivity contribution in [3.63, 3.8) is 0 Å². The zero-order valence-electron chi connectivity index (χ0n) is 21.9. The van der Waals surface area contributed by atoms with Crippen molar-refractivity contribution >= 4 is 5.69 Å². The Balaban J connectivity index is 1.33. The zero-order valence-corrected chi connectivity index (χ0v) is 21.9. The number of phenols is 1. The third kappa shape index (κ3) is 5.70. The average Bonchev–Trinajstić information content (AvgIpc) is 3.44. The minimum Gasteiger partial charge on any atom is -0.508 e. The van der Waals surface area contributed by atoms with Gasteiger partial charge in [0, 0.05) is 31.4 Å². The summed E-state index contributed by atoms with van der Waals surface area (Å²) >= 11 is 0. The van der Waals surface area contributed by atoms with Crippen molar-refractivity contribution in [2.75, 3.05) is 38.2 Å². The standard InChI is InChI=1S/C32H40N2O2/c1-3-34(23-25-8-6-24(7-9-25)16-19-33-17-4-5-18-33)32-22-30(36-2)14-15-31(32)28-11-10-27-21-29(35)13-12-26(27)20-28/h6-9,12-15,21-22,28,35H,3-5,10-11,16-20,23H2,1-2H3/t28-/m1/s1. The van der Waals surface area contributed by atoms with E-state index in [9.17, 15) is 5.11 Å². The molecule has 1 fully saturated rings. The smallest absolute Gasteiger partial charge is 0.120 e. The molecule has 4 nitrogen and oxygen atoms in total.